The fourth-order valence-corrected chi connectivity index (χ4v) is 1.06. The lowest BCUT2D eigenvalue weighted by Gasteiger charge is -2.05. The van der Waals surface area contributed by atoms with Gasteiger partial charge in [-0.3, -0.25) is 10.1 Å². The van der Waals surface area contributed by atoms with E-state index in [9.17, 15) is 10.1 Å². The Morgan fingerprint density at radius 1 is 1.60 bits per heavy atom. The molecule has 1 N–H and O–H groups in total. The Labute approximate surface area is 85.5 Å². The van der Waals surface area contributed by atoms with E-state index in [0.717, 1.165) is 0 Å². The van der Waals surface area contributed by atoms with Crippen LogP contribution in [0, 0.1) is 21.4 Å². The van der Waals surface area contributed by atoms with Gasteiger partial charge < -0.3 is 9.84 Å². The molecule has 1 aromatic carbocycles. The minimum atomic E-state index is -0.648. The zero-order chi connectivity index (χ0) is 11.3. The Morgan fingerprint density at radius 3 is 2.87 bits per heavy atom. The maximum absolute atomic E-state index is 10.6. The number of rotatable bonds is 4. The van der Waals surface area contributed by atoms with Crippen molar-refractivity contribution >= 4 is 5.69 Å². The van der Waals surface area contributed by atoms with Gasteiger partial charge in [-0.2, -0.15) is 5.26 Å². The van der Waals surface area contributed by atoms with Gasteiger partial charge in [-0.15, -0.1) is 0 Å². The number of aliphatic hydroxyl groups excluding tert-OH is 1. The number of ether oxygens (including phenoxy) is 1. The van der Waals surface area contributed by atoms with Crippen LogP contribution in [0.4, 0.5) is 5.69 Å². The van der Waals surface area contributed by atoms with Crippen molar-refractivity contribution < 1.29 is 14.8 Å². The summed E-state index contributed by atoms with van der Waals surface area (Å²) in [6.45, 7) is -0.219. The van der Waals surface area contributed by atoms with Crippen molar-refractivity contribution in [3.8, 4) is 11.8 Å². The van der Waals surface area contributed by atoms with Crippen LogP contribution in [0.5, 0.6) is 5.75 Å². The Kier molecular flexibility index (Phi) is 3.60. The predicted octanol–water partition coefficient (Wildman–Crippen LogP) is 0.838. The summed E-state index contributed by atoms with van der Waals surface area (Å²) in [5, 5.41) is 27.8. The topological polar surface area (TPSA) is 96.4 Å². The molecule has 0 amide bonds. The zero-order valence-corrected chi connectivity index (χ0v) is 7.71. The smallest absolute Gasteiger partial charge is 0.290 e. The molecule has 0 aliphatic heterocycles. The quantitative estimate of drug-likeness (QED) is 0.584. The van der Waals surface area contributed by atoms with Crippen LogP contribution < -0.4 is 4.74 Å². The summed E-state index contributed by atoms with van der Waals surface area (Å²) in [7, 11) is 0. The van der Waals surface area contributed by atoms with E-state index in [1.54, 1.807) is 6.07 Å². The van der Waals surface area contributed by atoms with Gasteiger partial charge in [0.15, 0.2) is 5.56 Å². The minimum Gasteiger partial charge on any atom is -0.490 e. The third-order valence-corrected chi connectivity index (χ3v) is 1.66. The van der Waals surface area contributed by atoms with Gasteiger partial charge in [-0.05, 0) is 6.07 Å². The Morgan fingerprint density at radius 2 is 2.33 bits per heavy atom. The lowest BCUT2D eigenvalue weighted by molar-refractivity contribution is -0.385. The first kappa shape index (κ1) is 10.9. The second-order valence-electron chi connectivity index (χ2n) is 2.59. The molecule has 0 aromatic heterocycles. The Hall–Kier alpha value is -2.13. The highest BCUT2D eigenvalue weighted by Gasteiger charge is 2.17. The molecule has 0 atom stereocenters. The van der Waals surface area contributed by atoms with Crippen LogP contribution in [0.2, 0.25) is 0 Å². The molecule has 0 unspecified atom stereocenters. The molecule has 6 nitrogen and oxygen atoms in total. The average molecular weight is 208 g/mol. The van der Waals surface area contributed by atoms with E-state index in [1.165, 1.54) is 18.2 Å². The zero-order valence-electron chi connectivity index (χ0n) is 7.71. The van der Waals surface area contributed by atoms with Crippen molar-refractivity contribution in [3.63, 3.8) is 0 Å². The molecule has 0 fully saturated rings. The van der Waals surface area contributed by atoms with Crippen LogP contribution in [0.1, 0.15) is 5.56 Å². The highest BCUT2D eigenvalue weighted by Crippen LogP contribution is 2.26. The third-order valence-electron chi connectivity index (χ3n) is 1.66. The lowest BCUT2D eigenvalue weighted by atomic mass is 10.2. The van der Waals surface area contributed by atoms with E-state index >= 15 is 0 Å². The standard InChI is InChI=1S/C9H8N2O4/c10-6-7-8(11(13)14)2-1-3-9(7)15-5-4-12/h1-3,12H,4-5H2. The highest BCUT2D eigenvalue weighted by atomic mass is 16.6. The molecule has 0 heterocycles. The summed E-state index contributed by atoms with van der Waals surface area (Å²) in [5.74, 6) is 0.112. The molecule has 15 heavy (non-hydrogen) atoms. The van der Waals surface area contributed by atoms with Gasteiger partial charge in [0.25, 0.3) is 5.69 Å². The van der Waals surface area contributed by atoms with Crippen LogP contribution in [-0.4, -0.2) is 23.2 Å². The second kappa shape index (κ2) is 4.93. The van der Waals surface area contributed by atoms with Crippen LogP contribution in [0.25, 0.3) is 0 Å². The summed E-state index contributed by atoms with van der Waals surface area (Å²) in [6, 6.07) is 5.80. The monoisotopic (exact) mass is 208 g/mol. The van der Waals surface area contributed by atoms with Gasteiger partial charge in [0.05, 0.1) is 11.5 Å². The van der Waals surface area contributed by atoms with E-state index < -0.39 is 4.92 Å². The van der Waals surface area contributed by atoms with E-state index in [-0.39, 0.29) is 30.2 Å². The first-order valence-corrected chi connectivity index (χ1v) is 4.12. The molecule has 0 aliphatic rings. The normalized spacial score (nSPS) is 9.33. The lowest BCUT2D eigenvalue weighted by Crippen LogP contribution is -2.04. The van der Waals surface area contributed by atoms with Crippen molar-refractivity contribution in [1.82, 2.24) is 0 Å². The van der Waals surface area contributed by atoms with Crippen LogP contribution in [0.3, 0.4) is 0 Å². The highest BCUT2D eigenvalue weighted by molar-refractivity contribution is 5.56. The number of nitro benzene ring substituents is 1. The third kappa shape index (κ3) is 2.42. The van der Waals surface area contributed by atoms with Gasteiger partial charge in [-0.1, -0.05) is 6.07 Å². The molecule has 1 rings (SSSR count). The van der Waals surface area contributed by atoms with Gasteiger partial charge in [-0.25, -0.2) is 0 Å². The second-order valence-corrected chi connectivity index (χ2v) is 2.59. The fourth-order valence-electron chi connectivity index (χ4n) is 1.06. The molecular weight excluding hydrogens is 200 g/mol. The fraction of sp³-hybridized carbons (Fsp3) is 0.222. The number of nitrogens with zero attached hydrogens (tertiary/aromatic N) is 2. The molecule has 1 aromatic rings. The predicted molar refractivity (Wildman–Crippen MR) is 50.4 cm³/mol. The van der Waals surface area contributed by atoms with Crippen molar-refractivity contribution in [2.45, 2.75) is 0 Å². The molecule has 0 spiro atoms. The first-order valence-electron chi connectivity index (χ1n) is 4.12. The van der Waals surface area contributed by atoms with Crippen LogP contribution in [0.15, 0.2) is 18.2 Å². The number of nitriles is 1. The first-order chi connectivity index (χ1) is 7.20. The van der Waals surface area contributed by atoms with Gasteiger partial charge in [0, 0.05) is 6.07 Å². The number of hydrogen-bond acceptors (Lipinski definition) is 5. The summed E-state index contributed by atoms with van der Waals surface area (Å²) in [6.07, 6.45) is 0. The Balaban J connectivity index is 3.12. The number of aliphatic hydroxyl groups is 1. The van der Waals surface area contributed by atoms with Gasteiger partial charge >= 0.3 is 0 Å². The largest absolute Gasteiger partial charge is 0.490 e. The van der Waals surface area contributed by atoms with E-state index in [1.807, 2.05) is 0 Å². The molecule has 0 aliphatic carbocycles. The number of hydrogen-bond donors (Lipinski definition) is 1. The van der Waals surface area contributed by atoms with Crippen molar-refractivity contribution in [1.29, 1.82) is 5.26 Å². The molecule has 0 saturated carbocycles. The number of benzene rings is 1. The summed E-state index contributed by atoms with van der Waals surface area (Å²) in [4.78, 5) is 9.91. The molecule has 0 bridgehead atoms. The average Bonchev–Trinajstić information content (AvgIpc) is 2.25. The van der Waals surface area contributed by atoms with Crippen molar-refractivity contribution in [2.75, 3.05) is 13.2 Å². The van der Waals surface area contributed by atoms with Crippen LogP contribution >= 0.6 is 0 Å². The van der Waals surface area contributed by atoms with Gasteiger partial charge in [0.1, 0.15) is 18.4 Å². The maximum Gasteiger partial charge on any atom is 0.290 e. The molecule has 6 heteroatoms. The SMILES string of the molecule is N#Cc1c(OCCO)cccc1[N+](=O)[O-]. The molecule has 0 radical (unpaired) electrons. The van der Waals surface area contributed by atoms with Gasteiger partial charge in [0.2, 0.25) is 0 Å². The summed E-state index contributed by atoms with van der Waals surface area (Å²) >= 11 is 0. The molecular formula is C9H8N2O4. The van der Waals surface area contributed by atoms with E-state index in [0.29, 0.717) is 0 Å². The van der Waals surface area contributed by atoms with Crippen molar-refractivity contribution in [3.05, 3.63) is 33.9 Å². The molecule has 78 valence electrons. The molecule has 0 saturated heterocycles. The number of nitro groups is 1. The van der Waals surface area contributed by atoms with Crippen molar-refractivity contribution in [2.24, 2.45) is 0 Å². The minimum absolute atomic E-state index is 0.00412. The Bertz CT molecular complexity index is 411. The summed E-state index contributed by atoms with van der Waals surface area (Å²) < 4.78 is 4.99. The summed E-state index contributed by atoms with van der Waals surface area (Å²) in [5.41, 5.74) is -0.427. The van der Waals surface area contributed by atoms with E-state index in [4.69, 9.17) is 15.1 Å². The maximum atomic E-state index is 10.6. The van der Waals surface area contributed by atoms with Crippen LogP contribution in [-0.2, 0) is 0 Å². The van der Waals surface area contributed by atoms with E-state index in [2.05, 4.69) is 0 Å².